The number of amides is 2. The van der Waals surface area contributed by atoms with Crippen LogP contribution in [0.4, 0.5) is 4.39 Å². The molecule has 36 heavy (non-hydrogen) atoms. The number of benzene rings is 1. The molecule has 4 heterocycles. The Morgan fingerprint density at radius 2 is 1.97 bits per heavy atom. The molecule has 8 heteroatoms. The van der Waals surface area contributed by atoms with Gasteiger partial charge in [-0.3, -0.25) is 19.3 Å². The van der Waals surface area contributed by atoms with Gasteiger partial charge in [0.05, 0.1) is 18.0 Å². The van der Waals surface area contributed by atoms with E-state index in [1.165, 1.54) is 12.1 Å². The molecule has 2 amide bonds. The molecule has 5 rings (SSSR count). The third-order valence-corrected chi connectivity index (χ3v) is 7.54. The molecular weight excluding hydrogens is 457 g/mol. The second-order valence-electron chi connectivity index (χ2n) is 10.2. The monoisotopic (exact) mass is 489 g/mol. The number of rotatable bonds is 6. The maximum atomic E-state index is 14.2. The number of aromatic nitrogens is 3. The zero-order chi connectivity index (χ0) is 25.3. The summed E-state index contributed by atoms with van der Waals surface area (Å²) in [5, 5.41) is 4.54. The molecular formula is C28H32FN5O2. The highest BCUT2D eigenvalue weighted by atomic mass is 19.1. The van der Waals surface area contributed by atoms with Crippen molar-refractivity contribution in [1.82, 2.24) is 24.6 Å². The molecule has 188 valence electrons. The predicted molar refractivity (Wildman–Crippen MR) is 133 cm³/mol. The summed E-state index contributed by atoms with van der Waals surface area (Å²) in [6.07, 6.45) is 4.60. The fourth-order valence-electron chi connectivity index (χ4n) is 5.82. The molecule has 1 spiro atoms. The number of hydrogen-bond donors (Lipinski definition) is 0. The topological polar surface area (TPSA) is 71.3 Å². The largest absolute Gasteiger partial charge is 0.341 e. The lowest BCUT2D eigenvalue weighted by Crippen LogP contribution is -2.52. The number of pyridine rings is 1. The van der Waals surface area contributed by atoms with Gasteiger partial charge in [0.15, 0.2) is 0 Å². The summed E-state index contributed by atoms with van der Waals surface area (Å²) in [6, 6.07) is 15.0. The summed E-state index contributed by atoms with van der Waals surface area (Å²) in [6.45, 7) is 6.23. The number of likely N-dealkylation sites (tertiary alicyclic amines) is 2. The van der Waals surface area contributed by atoms with Gasteiger partial charge in [0.1, 0.15) is 5.82 Å². The molecule has 2 fully saturated rings. The van der Waals surface area contributed by atoms with E-state index in [9.17, 15) is 14.0 Å². The first kappa shape index (κ1) is 24.2. The maximum absolute atomic E-state index is 14.2. The lowest BCUT2D eigenvalue weighted by Gasteiger charge is -2.42. The summed E-state index contributed by atoms with van der Waals surface area (Å²) in [7, 11) is 0. The van der Waals surface area contributed by atoms with Crippen molar-refractivity contribution >= 4 is 11.8 Å². The Balaban J connectivity index is 1.46. The van der Waals surface area contributed by atoms with Gasteiger partial charge in [-0.2, -0.15) is 5.10 Å². The highest BCUT2D eigenvalue weighted by molar-refractivity contribution is 5.88. The minimum absolute atomic E-state index is 0.0778. The Hall–Kier alpha value is -3.55. The van der Waals surface area contributed by atoms with Gasteiger partial charge >= 0.3 is 0 Å². The summed E-state index contributed by atoms with van der Waals surface area (Å²) in [5.41, 5.74) is 1.91. The standard InChI is InChI=1S/C28H32FN5O2/c1-20(2)34-25(11-13-31-34)24-18-33(26(35)15-23-10-9-22(29)16-30-23)19-28(24)12-6-14-32(27(28)36)17-21-7-4-3-5-8-21/h3-5,7-11,13,16,20,24H,6,12,14-15,17-19H2,1-2H3. The first-order valence-corrected chi connectivity index (χ1v) is 12.6. The summed E-state index contributed by atoms with van der Waals surface area (Å²) in [5.74, 6) is -0.577. The summed E-state index contributed by atoms with van der Waals surface area (Å²) >= 11 is 0. The second-order valence-corrected chi connectivity index (χ2v) is 10.2. The fraction of sp³-hybridized carbons (Fsp3) is 0.429. The molecule has 2 saturated heterocycles. The van der Waals surface area contributed by atoms with Crippen molar-refractivity contribution in [2.24, 2.45) is 5.41 Å². The van der Waals surface area contributed by atoms with E-state index in [1.807, 2.05) is 46.0 Å². The van der Waals surface area contributed by atoms with Gasteiger partial charge in [-0.05, 0) is 50.5 Å². The SMILES string of the molecule is CC(C)n1nccc1C1CN(C(=O)Cc2ccc(F)cn2)CC12CCCN(Cc1ccccc1)C2=O. The van der Waals surface area contributed by atoms with Gasteiger partial charge in [0.2, 0.25) is 11.8 Å². The predicted octanol–water partition coefficient (Wildman–Crippen LogP) is 3.98. The van der Waals surface area contributed by atoms with Crippen molar-refractivity contribution in [2.75, 3.05) is 19.6 Å². The smallest absolute Gasteiger partial charge is 0.231 e. The van der Waals surface area contributed by atoms with Gasteiger partial charge in [0, 0.05) is 55.7 Å². The molecule has 2 aromatic heterocycles. The second kappa shape index (κ2) is 9.84. The average molecular weight is 490 g/mol. The zero-order valence-corrected chi connectivity index (χ0v) is 20.8. The van der Waals surface area contributed by atoms with E-state index in [4.69, 9.17) is 0 Å². The van der Waals surface area contributed by atoms with Gasteiger partial charge in [0.25, 0.3) is 0 Å². The van der Waals surface area contributed by atoms with Gasteiger partial charge in [-0.1, -0.05) is 30.3 Å². The van der Waals surface area contributed by atoms with E-state index in [0.717, 1.165) is 30.3 Å². The number of halogens is 1. The summed E-state index contributed by atoms with van der Waals surface area (Å²) < 4.78 is 15.3. The number of nitrogens with zero attached hydrogens (tertiary/aromatic N) is 5. The third kappa shape index (κ3) is 4.52. The molecule has 2 atom stereocenters. The van der Waals surface area contributed by atoms with Crippen LogP contribution in [0.1, 0.15) is 55.6 Å². The number of piperidine rings is 1. The highest BCUT2D eigenvalue weighted by Gasteiger charge is 2.57. The van der Waals surface area contributed by atoms with Gasteiger partial charge < -0.3 is 9.80 Å². The lowest BCUT2D eigenvalue weighted by molar-refractivity contribution is -0.147. The number of carbonyl (C=O) groups excluding carboxylic acids is 2. The van der Waals surface area contributed by atoms with E-state index in [0.29, 0.717) is 31.9 Å². The molecule has 0 bridgehead atoms. The van der Waals surface area contributed by atoms with Crippen molar-refractivity contribution in [1.29, 1.82) is 0 Å². The van der Waals surface area contributed by atoms with E-state index in [2.05, 4.69) is 23.9 Å². The molecule has 0 N–H and O–H groups in total. The van der Waals surface area contributed by atoms with Crippen LogP contribution in [-0.2, 0) is 22.6 Å². The van der Waals surface area contributed by atoms with Crippen LogP contribution in [0.25, 0.3) is 0 Å². The average Bonchev–Trinajstić information content (AvgIpc) is 3.50. The zero-order valence-electron chi connectivity index (χ0n) is 20.8. The van der Waals surface area contributed by atoms with Crippen LogP contribution in [-0.4, -0.2) is 56.0 Å². The molecule has 3 aromatic rings. The Kier molecular flexibility index (Phi) is 6.60. The Bertz CT molecular complexity index is 1230. The number of hydrogen-bond acceptors (Lipinski definition) is 4. The van der Waals surface area contributed by atoms with E-state index < -0.39 is 11.2 Å². The van der Waals surface area contributed by atoms with Crippen molar-refractivity contribution in [3.63, 3.8) is 0 Å². The quantitative estimate of drug-likeness (QED) is 0.525. The van der Waals surface area contributed by atoms with Crippen LogP contribution in [0, 0.1) is 11.2 Å². The minimum atomic E-state index is -0.703. The van der Waals surface area contributed by atoms with Crippen molar-refractivity contribution in [3.8, 4) is 0 Å². The maximum Gasteiger partial charge on any atom is 0.231 e. The van der Waals surface area contributed by atoms with E-state index in [-0.39, 0.29) is 30.2 Å². The molecule has 2 aliphatic heterocycles. The van der Waals surface area contributed by atoms with Crippen LogP contribution in [0.2, 0.25) is 0 Å². The minimum Gasteiger partial charge on any atom is -0.341 e. The fourth-order valence-corrected chi connectivity index (χ4v) is 5.82. The lowest BCUT2D eigenvalue weighted by atomic mass is 9.70. The molecule has 1 aromatic carbocycles. The molecule has 0 radical (unpaired) electrons. The first-order chi connectivity index (χ1) is 17.4. The van der Waals surface area contributed by atoms with Crippen LogP contribution < -0.4 is 0 Å². The Morgan fingerprint density at radius 1 is 1.17 bits per heavy atom. The third-order valence-electron chi connectivity index (χ3n) is 7.54. The molecule has 0 saturated carbocycles. The number of carbonyl (C=O) groups is 2. The molecule has 0 aliphatic carbocycles. The summed E-state index contributed by atoms with van der Waals surface area (Å²) in [4.78, 5) is 35.4. The van der Waals surface area contributed by atoms with Crippen LogP contribution in [0.15, 0.2) is 60.9 Å². The van der Waals surface area contributed by atoms with Gasteiger partial charge in [-0.15, -0.1) is 0 Å². The van der Waals surface area contributed by atoms with Crippen LogP contribution >= 0.6 is 0 Å². The van der Waals surface area contributed by atoms with Crippen molar-refractivity contribution in [2.45, 2.75) is 51.6 Å². The normalized spacial score (nSPS) is 22.1. The van der Waals surface area contributed by atoms with Crippen molar-refractivity contribution < 1.29 is 14.0 Å². The molecule has 7 nitrogen and oxygen atoms in total. The van der Waals surface area contributed by atoms with Crippen LogP contribution in [0.3, 0.4) is 0 Å². The van der Waals surface area contributed by atoms with Gasteiger partial charge in [-0.25, -0.2) is 4.39 Å². The van der Waals surface area contributed by atoms with E-state index in [1.54, 1.807) is 11.1 Å². The molecule has 2 unspecified atom stereocenters. The van der Waals surface area contributed by atoms with Crippen LogP contribution in [0.5, 0.6) is 0 Å². The van der Waals surface area contributed by atoms with E-state index >= 15 is 0 Å². The Morgan fingerprint density at radius 3 is 2.69 bits per heavy atom. The molecule has 2 aliphatic rings. The van der Waals surface area contributed by atoms with Crippen molar-refractivity contribution in [3.05, 3.63) is 83.7 Å². The first-order valence-electron chi connectivity index (χ1n) is 12.6. The Labute approximate surface area is 210 Å². The highest BCUT2D eigenvalue weighted by Crippen LogP contribution is 2.50.